The largest absolute Gasteiger partial charge is 0.320 e. The summed E-state index contributed by atoms with van der Waals surface area (Å²) in [6.45, 7) is 1.98. The molecule has 3 N–H and O–H groups in total. The quantitative estimate of drug-likeness (QED) is 0.867. The highest BCUT2D eigenvalue weighted by Crippen LogP contribution is 2.24. The van der Waals surface area contributed by atoms with Crippen LogP contribution in [0.15, 0.2) is 24.4 Å². The van der Waals surface area contributed by atoms with Gasteiger partial charge in [-0.1, -0.05) is 30.7 Å². The molecule has 0 aliphatic rings. The maximum absolute atomic E-state index is 11.7. The van der Waals surface area contributed by atoms with Crippen molar-refractivity contribution in [2.45, 2.75) is 25.8 Å². The smallest absolute Gasteiger partial charge is 0.243 e. The first kappa shape index (κ1) is 13.6. The molecule has 2 heterocycles. The first-order valence-electron chi connectivity index (χ1n) is 6.02. The summed E-state index contributed by atoms with van der Waals surface area (Å²) >= 11 is 1.28. The first-order valence-corrected chi connectivity index (χ1v) is 6.83. The van der Waals surface area contributed by atoms with Gasteiger partial charge in [0, 0.05) is 6.20 Å². The summed E-state index contributed by atoms with van der Waals surface area (Å²) in [6.07, 6.45) is 3.20. The molecular weight excluding hydrogens is 262 g/mol. The fourth-order valence-electron chi connectivity index (χ4n) is 1.51. The first-order chi connectivity index (χ1) is 9.20. The lowest BCUT2D eigenvalue weighted by Gasteiger charge is -2.08. The minimum atomic E-state index is -0.507. The summed E-state index contributed by atoms with van der Waals surface area (Å²) in [5.74, 6) is -0.231. The molecule has 0 saturated carbocycles. The molecule has 2 rings (SSSR count). The average molecular weight is 277 g/mol. The van der Waals surface area contributed by atoms with Crippen molar-refractivity contribution in [2.75, 3.05) is 5.32 Å². The number of hydrogen-bond acceptors (Lipinski definition) is 6. The fraction of sp³-hybridized carbons (Fsp3) is 0.333. The van der Waals surface area contributed by atoms with Gasteiger partial charge < -0.3 is 5.73 Å². The number of hydrogen-bond donors (Lipinski definition) is 2. The minimum Gasteiger partial charge on any atom is -0.320 e. The third-order valence-electron chi connectivity index (χ3n) is 2.48. The van der Waals surface area contributed by atoms with Gasteiger partial charge in [-0.2, -0.15) is 0 Å². The Morgan fingerprint density at radius 2 is 2.32 bits per heavy atom. The van der Waals surface area contributed by atoms with Gasteiger partial charge in [0.2, 0.25) is 11.0 Å². The lowest BCUT2D eigenvalue weighted by molar-refractivity contribution is -0.117. The van der Waals surface area contributed by atoms with Crippen LogP contribution >= 0.6 is 11.3 Å². The molecule has 7 heteroatoms. The molecule has 100 valence electrons. The van der Waals surface area contributed by atoms with Crippen LogP contribution in [0.3, 0.4) is 0 Å². The molecule has 0 bridgehead atoms. The Labute approximate surface area is 115 Å². The Kier molecular flexibility index (Phi) is 4.53. The van der Waals surface area contributed by atoms with E-state index in [4.69, 9.17) is 5.73 Å². The van der Waals surface area contributed by atoms with Crippen LogP contribution in [0.2, 0.25) is 0 Å². The van der Waals surface area contributed by atoms with Crippen molar-refractivity contribution in [3.8, 4) is 10.7 Å². The van der Waals surface area contributed by atoms with E-state index in [-0.39, 0.29) is 5.91 Å². The second-order valence-corrected chi connectivity index (χ2v) is 4.99. The topological polar surface area (TPSA) is 93.8 Å². The van der Waals surface area contributed by atoms with Gasteiger partial charge in [-0.25, -0.2) is 0 Å². The summed E-state index contributed by atoms with van der Waals surface area (Å²) in [5, 5.41) is 11.7. The number of nitrogens with zero attached hydrogens (tertiary/aromatic N) is 3. The van der Waals surface area contributed by atoms with Crippen LogP contribution in [0.1, 0.15) is 19.8 Å². The van der Waals surface area contributed by atoms with Gasteiger partial charge >= 0.3 is 0 Å². The number of amides is 1. The number of carbonyl (C=O) groups excluding carboxylic acids is 1. The molecule has 19 heavy (non-hydrogen) atoms. The third-order valence-corrected chi connectivity index (χ3v) is 3.34. The number of carbonyl (C=O) groups is 1. The van der Waals surface area contributed by atoms with Crippen molar-refractivity contribution in [2.24, 2.45) is 5.73 Å². The lowest BCUT2D eigenvalue weighted by atomic mass is 10.2. The molecule has 2 aromatic rings. The highest BCUT2D eigenvalue weighted by molar-refractivity contribution is 7.18. The number of nitrogens with two attached hydrogens (primary N) is 1. The predicted molar refractivity (Wildman–Crippen MR) is 74.7 cm³/mol. The van der Waals surface area contributed by atoms with E-state index < -0.39 is 6.04 Å². The van der Waals surface area contributed by atoms with Gasteiger partial charge in [-0.3, -0.25) is 15.1 Å². The molecule has 0 radical (unpaired) electrons. The van der Waals surface area contributed by atoms with Gasteiger partial charge in [0.05, 0.1) is 6.04 Å². The summed E-state index contributed by atoms with van der Waals surface area (Å²) in [7, 11) is 0. The molecule has 6 nitrogen and oxygen atoms in total. The molecule has 2 aromatic heterocycles. The van der Waals surface area contributed by atoms with Crippen LogP contribution in [0.25, 0.3) is 10.7 Å². The summed E-state index contributed by atoms with van der Waals surface area (Å²) in [4.78, 5) is 15.9. The molecule has 0 aliphatic carbocycles. The number of aromatic nitrogens is 3. The maximum Gasteiger partial charge on any atom is 0.243 e. The molecule has 0 aliphatic heterocycles. The Morgan fingerprint density at radius 3 is 3.00 bits per heavy atom. The second-order valence-electron chi connectivity index (χ2n) is 4.01. The number of pyridine rings is 1. The molecule has 1 amide bonds. The SMILES string of the molecule is CCCC(N)C(=O)Nc1nnc(-c2ccccn2)s1. The van der Waals surface area contributed by atoms with Gasteiger partial charge in [0.25, 0.3) is 0 Å². The average Bonchev–Trinajstić information content (AvgIpc) is 2.88. The van der Waals surface area contributed by atoms with Crippen molar-refractivity contribution in [3.63, 3.8) is 0 Å². The van der Waals surface area contributed by atoms with E-state index in [0.717, 1.165) is 12.1 Å². The van der Waals surface area contributed by atoms with Crippen molar-refractivity contribution in [1.29, 1.82) is 0 Å². The maximum atomic E-state index is 11.7. The Balaban J connectivity index is 2.04. The van der Waals surface area contributed by atoms with E-state index >= 15 is 0 Å². The van der Waals surface area contributed by atoms with E-state index in [2.05, 4.69) is 20.5 Å². The van der Waals surface area contributed by atoms with E-state index in [9.17, 15) is 4.79 Å². The fourth-order valence-corrected chi connectivity index (χ4v) is 2.23. The zero-order valence-corrected chi connectivity index (χ0v) is 11.4. The summed E-state index contributed by atoms with van der Waals surface area (Å²) < 4.78 is 0. The van der Waals surface area contributed by atoms with Crippen LogP contribution in [-0.2, 0) is 4.79 Å². The Morgan fingerprint density at radius 1 is 1.47 bits per heavy atom. The van der Waals surface area contributed by atoms with E-state index in [1.165, 1.54) is 11.3 Å². The van der Waals surface area contributed by atoms with E-state index in [1.54, 1.807) is 6.20 Å². The van der Waals surface area contributed by atoms with Crippen molar-refractivity contribution in [3.05, 3.63) is 24.4 Å². The standard InChI is InChI=1S/C12H15N5OS/c1-2-5-8(13)10(18)15-12-17-16-11(19-12)9-6-3-4-7-14-9/h3-4,6-8H,2,5,13H2,1H3,(H,15,17,18). The van der Waals surface area contributed by atoms with Crippen molar-refractivity contribution >= 4 is 22.4 Å². The monoisotopic (exact) mass is 277 g/mol. The summed E-state index contributed by atoms with van der Waals surface area (Å²) in [6, 6.07) is 5.04. The van der Waals surface area contributed by atoms with Crippen LogP contribution < -0.4 is 11.1 Å². The molecule has 0 spiro atoms. The third kappa shape index (κ3) is 3.55. The van der Waals surface area contributed by atoms with Gasteiger partial charge in [-0.15, -0.1) is 10.2 Å². The molecule has 1 atom stereocenters. The van der Waals surface area contributed by atoms with Gasteiger partial charge in [-0.05, 0) is 18.6 Å². The van der Waals surface area contributed by atoms with Gasteiger partial charge in [0.15, 0.2) is 5.01 Å². The highest BCUT2D eigenvalue weighted by atomic mass is 32.1. The molecule has 0 saturated heterocycles. The van der Waals surface area contributed by atoms with Crippen molar-refractivity contribution in [1.82, 2.24) is 15.2 Å². The Hall–Kier alpha value is -1.86. The number of nitrogens with one attached hydrogen (secondary N) is 1. The van der Waals surface area contributed by atoms with Crippen LogP contribution in [0, 0.1) is 0 Å². The van der Waals surface area contributed by atoms with E-state index in [0.29, 0.717) is 16.6 Å². The van der Waals surface area contributed by atoms with Gasteiger partial charge in [0.1, 0.15) is 5.69 Å². The molecule has 1 unspecified atom stereocenters. The number of anilines is 1. The highest BCUT2D eigenvalue weighted by Gasteiger charge is 2.15. The normalized spacial score (nSPS) is 12.1. The van der Waals surface area contributed by atoms with E-state index in [1.807, 2.05) is 25.1 Å². The van der Waals surface area contributed by atoms with Crippen LogP contribution in [0.4, 0.5) is 5.13 Å². The Bertz CT molecular complexity index is 542. The summed E-state index contributed by atoms with van der Waals surface area (Å²) in [5.41, 5.74) is 6.46. The lowest BCUT2D eigenvalue weighted by Crippen LogP contribution is -2.35. The van der Waals surface area contributed by atoms with Crippen molar-refractivity contribution < 1.29 is 4.79 Å². The molecule has 0 fully saturated rings. The van der Waals surface area contributed by atoms with Crippen LogP contribution in [0.5, 0.6) is 0 Å². The molecular formula is C12H15N5OS. The van der Waals surface area contributed by atoms with Crippen LogP contribution in [-0.4, -0.2) is 27.1 Å². The minimum absolute atomic E-state index is 0.231. The number of rotatable bonds is 5. The zero-order valence-electron chi connectivity index (χ0n) is 10.5. The predicted octanol–water partition coefficient (Wildman–Crippen LogP) is 1.67. The molecule has 0 aromatic carbocycles. The second kappa shape index (κ2) is 6.35. The zero-order chi connectivity index (χ0) is 13.7.